The Kier molecular flexibility index (Phi) is 7.66. The zero-order valence-corrected chi connectivity index (χ0v) is 17.4. The molecule has 0 aromatic heterocycles. The average molecular weight is 400 g/mol. The summed E-state index contributed by atoms with van der Waals surface area (Å²) in [4.78, 5) is 0. The quantitative estimate of drug-likeness (QED) is 0.339. The number of methoxy groups -OCH3 is 2. The molecule has 0 heterocycles. The number of benzene rings is 3. The molecule has 0 fully saturated rings. The summed E-state index contributed by atoms with van der Waals surface area (Å²) in [5.74, 6) is 1.49. The molecule has 0 radical (unpaired) electrons. The topological polar surface area (TPSA) is 55.4 Å². The number of fused-ring (bicyclic) bond motifs is 2. The van der Waals surface area contributed by atoms with E-state index in [2.05, 4.69) is 24.3 Å². The zero-order chi connectivity index (χ0) is 20.6. The summed E-state index contributed by atoms with van der Waals surface area (Å²) < 4.78 is 33.2. The van der Waals surface area contributed by atoms with E-state index in [1.807, 2.05) is 32.0 Å². The van der Waals surface area contributed by atoms with Crippen molar-refractivity contribution in [2.45, 2.75) is 26.7 Å². The average Bonchev–Trinajstić information content (AvgIpc) is 2.73. The number of rotatable bonds is 11. The van der Waals surface area contributed by atoms with Gasteiger partial charge in [-0.25, -0.2) is 0 Å². The minimum Gasteiger partial charge on any atom is -0.467 e. The number of ether oxygens (including phenoxy) is 6. The Morgan fingerprint density at radius 3 is 2.34 bits per heavy atom. The molecule has 0 N–H and O–H groups in total. The third-order valence-corrected chi connectivity index (χ3v) is 4.54. The van der Waals surface area contributed by atoms with Crippen LogP contribution >= 0.6 is 0 Å². The molecule has 1 unspecified atom stereocenters. The predicted molar refractivity (Wildman–Crippen MR) is 112 cm³/mol. The molecule has 0 saturated heterocycles. The highest BCUT2D eigenvalue weighted by Gasteiger charge is 2.14. The Morgan fingerprint density at radius 1 is 0.828 bits per heavy atom. The Morgan fingerprint density at radius 2 is 1.59 bits per heavy atom. The van der Waals surface area contributed by atoms with Crippen LogP contribution < -0.4 is 9.47 Å². The third-order valence-electron chi connectivity index (χ3n) is 4.54. The third kappa shape index (κ3) is 5.16. The second-order valence-corrected chi connectivity index (χ2v) is 6.54. The van der Waals surface area contributed by atoms with Crippen molar-refractivity contribution >= 4 is 21.5 Å². The monoisotopic (exact) mass is 400 g/mol. The van der Waals surface area contributed by atoms with E-state index in [0.717, 1.165) is 38.6 Å². The molecule has 0 aliphatic rings. The van der Waals surface area contributed by atoms with E-state index in [1.54, 1.807) is 14.2 Å². The van der Waals surface area contributed by atoms with E-state index >= 15 is 0 Å². The van der Waals surface area contributed by atoms with Crippen molar-refractivity contribution in [1.82, 2.24) is 0 Å². The lowest BCUT2D eigenvalue weighted by Crippen LogP contribution is -2.13. The van der Waals surface area contributed by atoms with Gasteiger partial charge in [0.2, 0.25) is 0 Å². The van der Waals surface area contributed by atoms with Gasteiger partial charge in [-0.05, 0) is 42.8 Å². The molecule has 6 heteroatoms. The van der Waals surface area contributed by atoms with Gasteiger partial charge < -0.3 is 28.4 Å². The molecule has 3 aromatic rings. The first-order valence-electron chi connectivity index (χ1n) is 9.63. The Hall–Kier alpha value is -2.38. The largest absolute Gasteiger partial charge is 0.467 e. The minimum absolute atomic E-state index is 0.146. The van der Waals surface area contributed by atoms with E-state index in [9.17, 15) is 0 Å². The normalized spacial score (nSPS) is 12.4. The van der Waals surface area contributed by atoms with Crippen LogP contribution in [-0.2, 0) is 25.6 Å². The predicted octanol–water partition coefficient (Wildman–Crippen LogP) is 4.86. The van der Waals surface area contributed by atoms with Crippen molar-refractivity contribution in [1.29, 1.82) is 0 Å². The van der Waals surface area contributed by atoms with Gasteiger partial charge in [-0.15, -0.1) is 0 Å². The fraction of sp³-hybridized carbons (Fsp3) is 0.391. The van der Waals surface area contributed by atoms with E-state index in [-0.39, 0.29) is 19.9 Å². The Bertz CT molecular complexity index is 939. The number of hydrogen-bond acceptors (Lipinski definition) is 6. The lowest BCUT2D eigenvalue weighted by molar-refractivity contribution is -0.134. The van der Waals surface area contributed by atoms with Gasteiger partial charge in [0.05, 0.1) is 6.61 Å². The van der Waals surface area contributed by atoms with Gasteiger partial charge in [0.25, 0.3) is 0 Å². The van der Waals surface area contributed by atoms with Crippen molar-refractivity contribution in [3.8, 4) is 11.5 Å². The van der Waals surface area contributed by atoms with Gasteiger partial charge in [0.15, 0.2) is 19.9 Å². The minimum atomic E-state index is -0.295. The maximum Gasteiger partial charge on any atom is 0.188 e. The van der Waals surface area contributed by atoms with Crippen LogP contribution in [0.3, 0.4) is 0 Å². The van der Waals surface area contributed by atoms with Crippen molar-refractivity contribution in [2.75, 3.05) is 34.4 Å². The molecule has 0 aliphatic carbocycles. The molecule has 0 aliphatic heterocycles. The van der Waals surface area contributed by atoms with Gasteiger partial charge in [0.1, 0.15) is 11.5 Å². The van der Waals surface area contributed by atoms with Crippen LogP contribution in [0.2, 0.25) is 0 Å². The molecular weight excluding hydrogens is 372 g/mol. The molecule has 0 amide bonds. The van der Waals surface area contributed by atoms with Crippen LogP contribution in [0.25, 0.3) is 21.5 Å². The lowest BCUT2D eigenvalue weighted by Gasteiger charge is -2.18. The summed E-state index contributed by atoms with van der Waals surface area (Å²) in [6.45, 7) is 5.13. The van der Waals surface area contributed by atoms with Gasteiger partial charge in [-0.2, -0.15) is 0 Å². The first-order chi connectivity index (χ1) is 14.2. The van der Waals surface area contributed by atoms with Crippen LogP contribution in [0, 0.1) is 0 Å². The zero-order valence-electron chi connectivity index (χ0n) is 17.4. The van der Waals surface area contributed by atoms with E-state index in [0.29, 0.717) is 13.2 Å². The maximum atomic E-state index is 5.95. The van der Waals surface area contributed by atoms with Crippen LogP contribution in [0.5, 0.6) is 11.5 Å². The fourth-order valence-corrected chi connectivity index (χ4v) is 3.23. The van der Waals surface area contributed by atoms with Crippen LogP contribution in [0.1, 0.15) is 19.4 Å². The first kappa shape index (κ1) is 21.3. The first-order valence-corrected chi connectivity index (χ1v) is 9.63. The maximum absolute atomic E-state index is 5.95. The fourth-order valence-electron chi connectivity index (χ4n) is 3.23. The molecule has 0 saturated carbocycles. The van der Waals surface area contributed by atoms with Crippen LogP contribution in [0.4, 0.5) is 0 Å². The summed E-state index contributed by atoms with van der Waals surface area (Å²) in [7, 11) is 3.21. The molecule has 3 rings (SSSR count). The van der Waals surface area contributed by atoms with Crippen LogP contribution in [-0.4, -0.2) is 40.7 Å². The molecule has 1 atom stereocenters. The highest BCUT2D eigenvalue weighted by molar-refractivity contribution is 6.03. The Balaban J connectivity index is 2.06. The highest BCUT2D eigenvalue weighted by Crippen LogP contribution is 2.36. The van der Waals surface area contributed by atoms with Crippen LogP contribution in [0.15, 0.2) is 42.5 Å². The lowest BCUT2D eigenvalue weighted by atomic mass is 10.00. The summed E-state index contributed by atoms with van der Waals surface area (Å²) in [6.07, 6.45) is -0.295. The van der Waals surface area contributed by atoms with Crippen molar-refractivity contribution in [3.63, 3.8) is 0 Å². The molecule has 0 spiro atoms. The van der Waals surface area contributed by atoms with Gasteiger partial charge >= 0.3 is 0 Å². The molecule has 0 bridgehead atoms. The molecule has 156 valence electrons. The molecule has 29 heavy (non-hydrogen) atoms. The summed E-state index contributed by atoms with van der Waals surface area (Å²) >= 11 is 0. The second-order valence-electron chi connectivity index (χ2n) is 6.54. The standard InChI is InChI=1S/C23H28O6/c1-5-26-16(2)27-13-19-10-9-18-11-17-7-6-8-22(28-14-24-3)20(17)12-21(18)23(19)29-15-25-4/h6-12,16H,5,13-15H2,1-4H3. The SMILES string of the molecule is CCOC(C)OCc1ccc2cc3cccc(OCOC)c3cc2c1OCOC. The van der Waals surface area contributed by atoms with Gasteiger partial charge in [0, 0.05) is 37.2 Å². The number of hydrogen-bond donors (Lipinski definition) is 0. The highest BCUT2D eigenvalue weighted by atomic mass is 16.7. The Labute approximate surface area is 171 Å². The van der Waals surface area contributed by atoms with E-state index < -0.39 is 0 Å². The molecule has 3 aromatic carbocycles. The van der Waals surface area contributed by atoms with Gasteiger partial charge in [-0.3, -0.25) is 0 Å². The van der Waals surface area contributed by atoms with E-state index in [4.69, 9.17) is 28.4 Å². The van der Waals surface area contributed by atoms with Gasteiger partial charge in [-0.1, -0.05) is 24.3 Å². The van der Waals surface area contributed by atoms with Crippen molar-refractivity contribution in [2.24, 2.45) is 0 Å². The summed E-state index contributed by atoms with van der Waals surface area (Å²) in [5.41, 5.74) is 0.927. The van der Waals surface area contributed by atoms with Crippen molar-refractivity contribution in [3.05, 3.63) is 48.0 Å². The molecular formula is C23H28O6. The second kappa shape index (κ2) is 10.4. The van der Waals surface area contributed by atoms with Crippen molar-refractivity contribution < 1.29 is 28.4 Å². The summed E-state index contributed by atoms with van der Waals surface area (Å²) in [6, 6.07) is 14.3. The smallest absolute Gasteiger partial charge is 0.188 e. The summed E-state index contributed by atoms with van der Waals surface area (Å²) in [5, 5.41) is 4.10. The molecule has 6 nitrogen and oxygen atoms in total. The van der Waals surface area contributed by atoms with E-state index in [1.165, 1.54) is 0 Å².